The van der Waals surface area contributed by atoms with Gasteiger partial charge in [0.2, 0.25) is 5.91 Å². The highest BCUT2D eigenvalue weighted by Crippen LogP contribution is 2.65. The standard InChI is InChI=1S/C39H48BF3N6O5/c1-7-32(40-53-31-17-26-16-30(36(26,3)4)38(31,6)54-40)48-33(51)29-18-37(5,47-21-46-27-13-9-11-24(15-27)22(2)50)35-45-20-28(34(52)49(29)35)44-19-23-10-8-12-25(14-23)39(41,42)43/h8-15,20,26,29-32,44,46-47H,7,16-19,21H2,1-6H3,(H,48,51)/t26-,29-,30-,31+,32-,37+,38-/m0/s1. The Morgan fingerprint density at radius 1 is 1.07 bits per heavy atom. The van der Waals surface area contributed by atoms with Gasteiger partial charge in [0, 0.05) is 24.2 Å². The van der Waals surface area contributed by atoms with Crippen molar-refractivity contribution in [3.8, 4) is 0 Å². The second kappa shape index (κ2) is 13.8. The Morgan fingerprint density at radius 3 is 2.54 bits per heavy atom. The normalized spacial score (nSPS) is 28.4. The van der Waals surface area contributed by atoms with Gasteiger partial charge in [0.15, 0.2) is 5.78 Å². The summed E-state index contributed by atoms with van der Waals surface area (Å²) < 4.78 is 54.7. The summed E-state index contributed by atoms with van der Waals surface area (Å²) >= 11 is 0. The predicted octanol–water partition coefficient (Wildman–Crippen LogP) is 6.06. The van der Waals surface area contributed by atoms with E-state index in [1.54, 1.807) is 18.2 Å². The Labute approximate surface area is 313 Å². The first-order valence-corrected chi connectivity index (χ1v) is 18.7. The number of carbonyl (C=O) groups excluding carboxylic acids is 2. The molecule has 3 aliphatic carbocycles. The van der Waals surface area contributed by atoms with E-state index >= 15 is 0 Å². The molecule has 54 heavy (non-hydrogen) atoms. The molecule has 2 aromatic carbocycles. The molecule has 3 heterocycles. The number of ketones is 1. The highest BCUT2D eigenvalue weighted by Gasteiger charge is 2.68. The Kier molecular flexibility index (Phi) is 9.75. The molecular weight excluding hydrogens is 700 g/mol. The van der Waals surface area contributed by atoms with Crippen LogP contribution in [0.25, 0.3) is 0 Å². The van der Waals surface area contributed by atoms with Gasteiger partial charge in [-0.15, -0.1) is 0 Å². The molecule has 3 aromatic rings. The van der Waals surface area contributed by atoms with Crippen LogP contribution in [-0.4, -0.2) is 52.7 Å². The van der Waals surface area contributed by atoms with Crippen molar-refractivity contribution in [1.29, 1.82) is 0 Å². The number of halogens is 3. The van der Waals surface area contributed by atoms with Gasteiger partial charge in [0.1, 0.15) is 17.6 Å². The first-order chi connectivity index (χ1) is 25.4. The number of fused-ring (bicyclic) bond motifs is 1. The zero-order valence-electron chi connectivity index (χ0n) is 31.5. The van der Waals surface area contributed by atoms with E-state index < -0.39 is 53.4 Å². The fourth-order valence-electron chi connectivity index (χ4n) is 9.18. The first kappa shape index (κ1) is 38.1. The molecule has 11 nitrogen and oxygen atoms in total. The maximum absolute atomic E-state index is 14.4. The number of nitrogens with one attached hydrogen (secondary N) is 4. The number of alkyl halides is 3. The minimum absolute atomic E-state index is 0.0467. The van der Waals surface area contributed by atoms with E-state index in [9.17, 15) is 27.6 Å². The summed E-state index contributed by atoms with van der Waals surface area (Å²) in [7, 11) is -0.653. The zero-order valence-corrected chi connectivity index (χ0v) is 31.5. The summed E-state index contributed by atoms with van der Waals surface area (Å²) in [5.41, 5.74) is -0.929. The summed E-state index contributed by atoms with van der Waals surface area (Å²) in [4.78, 5) is 45.1. The smallest absolute Gasteiger partial charge is 0.404 e. The fourth-order valence-corrected chi connectivity index (χ4v) is 9.18. The van der Waals surface area contributed by atoms with Gasteiger partial charge in [0.25, 0.3) is 5.56 Å². The van der Waals surface area contributed by atoms with Crippen molar-refractivity contribution in [1.82, 2.24) is 20.2 Å². The Morgan fingerprint density at radius 2 is 1.83 bits per heavy atom. The van der Waals surface area contributed by atoms with Crippen LogP contribution in [0.15, 0.2) is 59.5 Å². The molecule has 0 spiro atoms. The van der Waals surface area contributed by atoms with Gasteiger partial charge in [-0.05, 0) is 87.1 Å². The van der Waals surface area contributed by atoms with Crippen molar-refractivity contribution in [2.45, 2.75) is 109 Å². The monoisotopic (exact) mass is 748 g/mol. The Bertz CT molecular complexity index is 2010. The van der Waals surface area contributed by atoms with Crippen LogP contribution in [0.3, 0.4) is 0 Å². The van der Waals surface area contributed by atoms with Crippen molar-refractivity contribution < 1.29 is 32.1 Å². The lowest BCUT2D eigenvalue weighted by Gasteiger charge is -2.64. The van der Waals surface area contributed by atoms with Gasteiger partial charge in [-0.2, -0.15) is 13.2 Å². The fraction of sp³-hybridized carbons (Fsp3) is 0.538. The number of anilines is 2. The van der Waals surface area contributed by atoms with E-state index in [0.717, 1.165) is 25.0 Å². The van der Waals surface area contributed by atoms with Gasteiger partial charge < -0.3 is 25.3 Å². The lowest BCUT2D eigenvalue weighted by atomic mass is 9.43. The van der Waals surface area contributed by atoms with Crippen LogP contribution in [0.1, 0.15) is 101 Å². The summed E-state index contributed by atoms with van der Waals surface area (Å²) in [6, 6.07) is 11.0. The van der Waals surface area contributed by atoms with Crippen LogP contribution in [0.4, 0.5) is 24.5 Å². The SMILES string of the molecule is CC[C@H](NC(=O)[C@@H]1C[C@@](C)(NCNc2cccc(C(C)=O)c2)c2ncc(NCc3cccc(C(F)(F)F)c3)c(=O)n21)B1O[C@@H]2C[C@@H]3C[C@@H](C3(C)C)[C@]2(C)O1. The van der Waals surface area contributed by atoms with E-state index in [-0.39, 0.29) is 42.6 Å². The molecule has 3 saturated carbocycles. The second-order valence-corrected chi connectivity index (χ2v) is 16.3. The van der Waals surface area contributed by atoms with Crippen LogP contribution >= 0.6 is 0 Å². The lowest BCUT2D eigenvalue weighted by Crippen LogP contribution is -2.65. The lowest BCUT2D eigenvalue weighted by molar-refractivity contribution is -0.199. The maximum atomic E-state index is 14.4. The number of carbonyl (C=O) groups is 2. The number of nitrogens with zero attached hydrogens (tertiary/aromatic N) is 2. The Balaban J connectivity index is 1.13. The predicted molar refractivity (Wildman–Crippen MR) is 199 cm³/mol. The highest BCUT2D eigenvalue weighted by molar-refractivity contribution is 6.47. The average Bonchev–Trinajstić information content (AvgIpc) is 3.64. The molecule has 5 aliphatic rings. The van der Waals surface area contributed by atoms with Gasteiger partial charge in [0.05, 0.1) is 41.6 Å². The molecule has 2 aliphatic heterocycles. The van der Waals surface area contributed by atoms with Gasteiger partial charge in [-0.1, -0.05) is 45.0 Å². The molecule has 2 bridgehead atoms. The van der Waals surface area contributed by atoms with Gasteiger partial charge in [-0.25, -0.2) is 4.98 Å². The zero-order chi connectivity index (χ0) is 38.8. The number of Topliss-reactive ketones (excluding diaryl/α,β-unsaturated/α-hetero) is 1. The van der Waals surface area contributed by atoms with E-state index in [4.69, 9.17) is 9.31 Å². The molecule has 1 amide bonds. The molecule has 8 rings (SSSR count). The summed E-state index contributed by atoms with van der Waals surface area (Å²) in [5.74, 6) is 0.312. The molecular formula is C39H48BF3N6O5. The number of hydrogen-bond donors (Lipinski definition) is 4. The highest BCUT2D eigenvalue weighted by atomic mass is 19.4. The third-order valence-electron chi connectivity index (χ3n) is 12.5. The number of aromatic nitrogens is 2. The van der Waals surface area contributed by atoms with E-state index in [1.807, 2.05) is 19.9 Å². The van der Waals surface area contributed by atoms with Crippen molar-refractivity contribution in [2.75, 3.05) is 17.3 Å². The first-order valence-electron chi connectivity index (χ1n) is 18.7. The number of amides is 1. The molecule has 4 fully saturated rings. The van der Waals surface area contributed by atoms with Crippen LogP contribution in [0.2, 0.25) is 0 Å². The number of benzene rings is 2. The van der Waals surface area contributed by atoms with Gasteiger partial charge in [-0.3, -0.25) is 24.3 Å². The Hall–Kier alpha value is -4.21. The van der Waals surface area contributed by atoms with Crippen molar-refractivity contribution >= 4 is 30.2 Å². The third-order valence-corrected chi connectivity index (χ3v) is 12.5. The van der Waals surface area contributed by atoms with E-state index in [1.165, 1.54) is 29.8 Å². The van der Waals surface area contributed by atoms with E-state index in [2.05, 4.69) is 47.0 Å². The van der Waals surface area contributed by atoms with Crippen LogP contribution in [0.5, 0.6) is 0 Å². The van der Waals surface area contributed by atoms with Crippen LogP contribution in [0, 0.1) is 17.3 Å². The molecule has 288 valence electrons. The summed E-state index contributed by atoms with van der Waals surface area (Å²) in [6.07, 6.45) is -0.506. The quantitative estimate of drug-likeness (QED) is 0.0991. The van der Waals surface area contributed by atoms with Crippen molar-refractivity contribution in [2.24, 2.45) is 17.3 Å². The molecule has 1 saturated heterocycles. The molecule has 1 aromatic heterocycles. The molecule has 15 heteroatoms. The maximum Gasteiger partial charge on any atom is 0.481 e. The minimum atomic E-state index is -4.51. The number of rotatable bonds is 12. The van der Waals surface area contributed by atoms with Crippen molar-refractivity contribution in [3.05, 3.63) is 87.6 Å². The number of hydrogen-bond acceptors (Lipinski definition) is 9. The second-order valence-electron chi connectivity index (χ2n) is 16.3. The average molecular weight is 749 g/mol. The molecule has 4 N–H and O–H groups in total. The van der Waals surface area contributed by atoms with Crippen LogP contribution < -0.4 is 26.8 Å². The largest absolute Gasteiger partial charge is 0.481 e. The summed E-state index contributed by atoms with van der Waals surface area (Å²) in [5, 5.41) is 12.8. The van der Waals surface area contributed by atoms with Gasteiger partial charge >= 0.3 is 13.3 Å². The third kappa shape index (κ3) is 6.72. The van der Waals surface area contributed by atoms with Crippen molar-refractivity contribution in [3.63, 3.8) is 0 Å². The van der Waals surface area contributed by atoms with Crippen LogP contribution in [-0.2, 0) is 32.4 Å². The van der Waals surface area contributed by atoms with E-state index in [0.29, 0.717) is 40.9 Å². The topological polar surface area (TPSA) is 136 Å². The minimum Gasteiger partial charge on any atom is -0.404 e. The molecule has 0 unspecified atom stereocenters. The molecule has 7 atom stereocenters. The molecule has 0 radical (unpaired) electrons. The summed E-state index contributed by atoms with van der Waals surface area (Å²) in [6.45, 7) is 12.2.